The molecule has 5 heteroatoms. The van der Waals surface area contributed by atoms with Gasteiger partial charge in [0.2, 0.25) is 0 Å². The quantitative estimate of drug-likeness (QED) is 0.898. The van der Waals surface area contributed by atoms with Crippen molar-refractivity contribution >= 4 is 9.84 Å². The van der Waals surface area contributed by atoms with Crippen molar-refractivity contribution in [3.8, 4) is 0 Å². The van der Waals surface area contributed by atoms with Gasteiger partial charge in [0.15, 0.2) is 9.84 Å². The smallest absolute Gasteiger partial charge is 0.179 e. The van der Waals surface area contributed by atoms with Crippen molar-refractivity contribution in [2.24, 2.45) is 17.6 Å². The van der Waals surface area contributed by atoms with E-state index >= 15 is 0 Å². The van der Waals surface area contributed by atoms with Crippen molar-refractivity contribution < 1.29 is 8.42 Å². The van der Waals surface area contributed by atoms with Gasteiger partial charge in [-0.1, -0.05) is 18.6 Å². The van der Waals surface area contributed by atoms with Crippen LogP contribution in [0, 0.1) is 11.8 Å². The summed E-state index contributed by atoms with van der Waals surface area (Å²) >= 11 is 0. The lowest BCUT2D eigenvalue weighted by Crippen LogP contribution is -2.28. The van der Waals surface area contributed by atoms with Crippen LogP contribution in [0.15, 0.2) is 29.2 Å². The largest absolute Gasteiger partial charge is 0.326 e. The zero-order valence-corrected chi connectivity index (χ0v) is 13.2. The van der Waals surface area contributed by atoms with Gasteiger partial charge in [0, 0.05) is 26.2 Å². The predicted octanol–water partition coefficient (Wildman–Crippen LogP) is 1.65. The molecule has 1 aliphatic heterocycles. The van der Waals surface area contributed by atoms with Crippen molar-refractivity contribution in [3.63, 3.8) is 0 Å². The summed E-state index contributed by atoms with van der Waals surface area (Å²) in [4.78, 5) is 2.75. The third kappa shape index (κ3) is 3.30. The van der Waals surface area contributed by atoms with Crippen molar-refractivity contribution in [1.29, 1.82) is 0 Å². The number of sulfone groups is 1. The van der Waals surface area contributed by atoms with E-state index in [1.807, 2.05) is 0 Å². The number of rotatable bonds is 5. The normalized spacial score (nSPS) is 26.1. The molecule has 2 N–H and O–H groups in total. The number of hydrogen-bond donors (Lipinski definition) is 1. The zero-order valence-electron chi connectivity index (χ0n) is 12.4. The Morgan fingerprint density at radius 2 is 1.71 bits per heavy atom. The molecule has 3 rings (SSSR count). The van der Waals surface area contributed by atoms with E-state index in [4.69, 9.17) is 5.73 Å². The maximum Gasteiger partial charge on any atom is 0.179 e. The molecule has 2 aliphatic rings. The average Bonchev–Trinajstić information content (AvgIpc) is 3.06. The Balaban J connectivity index is 1.58. The van der Waals surface area contributed by atoms with Gasteiger partial charge in [-0.3, -0.25) is 0 Å². The third-order valence-corrected chi connectivity index (χ3v) is 6.71. The molecule has 1 aliphatic carbocycles. The molecule has 0 amide bonds. The summed E-state index contributed by atoms with van der Waals surface area (Å²) in [6.07, 6.45) is 4.01. The van der Waals surface area contributed by atoms with Crippen LogP contribution in [-0.2, 0) is 16.4 Å². The minimum Gasteiger partial charge on any atom is -0.326 e. The molecule has 4 nitrogen and oxygen atoms in total. The molecule has 116 valence electrons. The van der Waals surface area contributed by atoms with Crippen LogP contribution in [-0.4, -0.2) is 38.7 Å². The number of fused-ring (bicyclic) bond motifs is 1. The van der Waals surface area contributed by atoms with Crippen molar-refractivity contribution in [3.05, 3.63) is 29.8 Å². The Labute approximate surface area is 127 Å². The SMILES string of the molecule is NCc1ccc(S(=O)(=O)CCN2CC3CCCC3C2)cc1. The first-order valence-corrected chi connectivity index (χ1v) is 9.48. The molecular formula is C16H24N2O2S. The van der Waals surface area contributed by atoms with E-state index in [1.54, 1.807) is 24.3 Å². The summed E-state index contributed by atoms with van der Waals surface area (Å²) in [5.74, 6) is 1.85. The lowest BCUT2D eigenvalue weighted by molar-refractivity contribution is 0.328. The first kappa shape index (κ1) is 15.0. The molecule has 0 spiro atoms. The Hall–Kier alpha value is -0.910. The molecule has 2 fully saturated rings. The average molecular weight is 308 g/mol. The van der Waals surface area contributed by atoms with Gasteiger partial charge in [0.25, 0.3) is 0 Å². The minimum atomic E-state index is -3.18. The Morgan fingerprint density at radius 3 is 2.29 bits per heavy atom. The number of likely N-dealkylation sites (tertiary alicyclic amines) is 1. The topological polar surface area (TPSA) is 63.4 Å². The zero-order chi connectivity index (χ0) is 14.9. The number of nitrogens with two attached hydrogens (primary N) is 1. The molecule has 21 heavy (non-hydrogen) atoms. The van der Waals surface area contributed by atoms with E-state index in [2.05, 4.69) is 4.90 Å². The van der Waals surface area contributed by atoms with Crippen LogP contribution < -0.4 is 5.73 Å². The van der Waals surface area contributed by atoms with Gasteiger partial charge in [0.1, 0.15) is 0 Å². The molecule has 2 atom stereocenters. The van der Waals surface area contributed by atoms with Gasteiger partial charge < -0.3 is 10.6 Å². The van der Waals surface area contributed by atoms with Crippen molar-refractivity contribution in [2.75, 3.05) is 25.4 Å². The molecule has 0 bridgehead atoms. The highest BCUT2D eigenvalue weighted by Gasteiger charge is 2.36. The molecule has 1 saturated carbocycles. The van der Waals surface area contributed by atoms with E-state index in [9.17, 15) is 8.42 Å². The highest BCUT2D eigenvalue weighted by Crippen LogP contribution is 2.37. The number of nitrogens with zero attached hydrogens (tertiary/aromatic N) is 1. The second-order valence-corrected chi connectivity index (χ2v) is 8.49. The van der Waals surface area contributed by atoms with Crippen LogP contribution in [0.25, 0.3) is 0 Å². The summed E-state index contributed by atoms with van der Waals surface area (Å²) in [6.45, 7) is 3.28. The van der Waals surface area contributed by atoms with Gasteiger partial charge in [-0.05, 0) is 42.4 Å². The fraction of sp³-hybridized carbons (Fsp3) is 0.625. The summed E-state index contributed by atoms with van der Waals surface area (Å²) in [7, 11) is -3.18. The van der Waals surface area contributed by atoms with Crippen molar-refractivity contribution in [2.45, 2.75) is 30.7 Å². The molecular weight excluding hydrogens is 284 g/mol. The molecule has 2 unspecified atom stereocenters. The molecule has 1 saturated heterocycles. The van der Waals surface area contributed by atoms with E-state index in [0.717, 1.165) is 30.5 Å². The fourth-order valence-corrected chi connectivity index (χ4v) is 5.00. The number of benzene rings is 1. The van der Waals surface area contributed by atoms with Gasteiger partial charge in [-0.25, -0.2) is 8.42 Å². The second kappa shape index (κ2) is 6.07. The van der Waals surface area contributed by atoms with Crippen LogP contribution in [0.4, 0.5) is 0 Å². The van der Waals surface area contributed by atoms with Crippen LogP contribution in [0.3, 0.4) is 0 Å². The summed E-state index contributed by atoms with van der Waals surface area (Å²) in [5, 5.41) is 0. The van der Waals surface area contributed by atoms with Gasteiger partial charge >= 0.3 is 0 Å². The van der Waals surface area contributed by atoms with Crippen LogP contribution in [0.2, 0.25) is 0 Å². The maximum atomic E-state index is 12.4. The Morgan fingerprint density at radius 1 is 1.10 bits per heavy atom. The van der Waals surface area contributed by atoms with Crippen molar-refractivity contribution in [1.82, 2.24) is 4.90 Å². The van der Waals surface area contributed by atoms with E-state index < -0.39 is 9.84 Å². The summed E-state index contributed by atoms with van der Waals surface area (Å²) in [5.41, 5.74) is 6.50. The van der Waals surface area contributed by atoms with Gasteiger partial charge in [-0.15, -0.1) is 0 Å². The van der Waals surface area contributed by atoms with E-state index in [0.29, 0.717) is 18.0 Å². The molecule has 0 aromatic heterocycles. The molecule has 1 heterocycles. The fourth-order valence-electron chi connectivity index (χ4n) is 3.71. The predicted molar refractivity (Wildman–Crippen MR) is 83.7 cm³/mol. The minimum absolute atomic E-state index is 0.217. The Kier molecular flexibility index (Phi) is 4.33. The lowest BCUT2D eigenvalue weighted by atomic mass is 10.0. The Bertz CT molecular complexity index is 571. The van der Waals surface area contributed by atoms with Crippen LogP contribution in [0.5, 0.6) is 0 Å². The monoisotopic (exact) mass is 308 g/mol. The lowest BCUT2D eigenvalue weighted by Gasteiger charge is -2.16. The van der Waals surface area contributed by atoms with Gasteiger partial charge in [-0.2, -0.15) is 0 Å². The highest BCUT2D eigenvalue weighted by atomic mass is 32.2. The maximum absolute atomic E-state index is 12.4. The third-order valence-electron chi connectivity index (χ3n) is 5.00. The van der Waals surface area contributed by atoms with E-state index in [-0.39, 0.29) is 5.75 Å². The van der Waals surface area contributed by atoms with Crippen LogP contribution >= 0.6 is 0 Å². The first-order chi connectivity index (χ1) is 10.1. The first-order valence-electron chi connectivity index (χ1n) is 7.82. The molecule has 1 aromatic rings. The summed E-state index contributed by atoms with van der Waals surface area (Å²) < 4.78 is 24.8. The molecule has 0 radical (unpaired) electrons. The second-order valence-electron chi connectivity index (χ2n) is 6.38. The summed E-state index contributed by atoms with van der Waals surface area (Å²) in [6, 6.07) is 6.95. The van der Waals surface area contributed by atoms with E-state index in [1.165, 1.54) is 19.3 Å². The number of hydrogen-bond acceptors (Lipinski definition) is 4. The standard InChI is InChI=1S/C16H24N2O2S/c17-10-13-4-6-16(7-5-13)21(19,20)9-8-18-11-14-2-1-3-15(14)12-18/h4-7,14-15H,1-3,8-12,17H2. The highest BCUT2D eigenvalue weighted by molar-refractivity contribution is 7.91. The molecule has 1 aromatic carbocycles. The van der Waals surface area contributed by atoms with Crippen LogP contribution in [0.1, 0.15) is 24.8 Å². The van der Waals surface area contributed by atoms with Gasteiger partial charge in [0.05, 0.1) is 10.6 Å².